The number of amides is 1. The smallest absolute Gasteiger partial charge is 0.256 e. The van der Waals surface area contributed by atoms with Crippen LogP contribution in [0.4, 0.5) is 5.69 Å². The zero-order chi connectivity index (χ0) is 19.0. The van der Waals surface area contributed by atoms with E-state index in [0.29, 0.717) is 19.1 Å². The van der Waals surface area contributed by atoms with Gasteiger partial charge in [0.05, 0.1) is 6.61 Å². The Kier molecular flexibility index (Phi) is 7.91. The first-order chi connectivity index (χ1) is 12.5. The number of carbonyl (C=O) groups excluding carboxylic acids is 1. The van der Waals surface area contributed by atoms with Crippen LogP contribution in [-0.4, -0.2) is 49.3 Å². The predicted molar refractivity (Wildman–Crippen MR) is 106 cm³/mol. The summed E-state index contributed by atoms with van der Waals surface area (Å²) < 4.78 is 11.2. The number of hydrogen-bond donors (Lipinski definition) is 1. The number of carbonyl (C=O) groups is 1. The molecule has 1 heterocycles. The van der Waals surface area contributed by atoms with Crippen molar-refractivity contribution in [1.29, 1.82) is 0 Å². The summed E-state index contributed by atoms with van der Waals surface area (Å²) in [5.41, 5.74) is -0.0537. The van der Waals surface area contributed by atoms with E-state index >= 15 is 0 Å². The van der Waals surface area contributed by atoms with Crippen LogP contribution in [0.3, 0.4) is 0 Å². The van der Waals surface area contributed by atoms with Crippen LogP contribution < -0.4 is 10.1 Å². The molecule has 146 valence electrons. The van der Waals surface area contributed by atoms with E-state index in [1.54, 1.807) is 14.0 Å². The van der Waals surface area contributed by atoms with Crippen molar-refractivity contribution < 1.29 is 14.3 Å². The predicted octanol–water partition coefficient (Wildman–Crippen LogP) is 4.08. The standard InChI is InChI=1S/C21H34N2O3/c1-5-21(3,25-4)20(24)22-18-10-12-19(13-11-18)26-16-8-15-23-14-7-6-9-17(23)2/h10-13,17H,5-9,14-16H2,1-4H3,(H,22,24)/t17-,21-/m0/s1. The van der Waals surface area contributed by atoms with Gasteiger partial charge in [0, 0.05) is 25.4 Å². The van der Waals surface area contributed by atoms with E-state index in [9.17, 15) is 4.79 Å². The zero-order valence-electron chi connectivity index (χ0n) is 16.7. The lowest BCUT2D eigenvalue weighted by atomic mass is 10.0. The maximum Gasteiger partial charge on any atom is 0.256 e. The van der Waals surface area contributed by atoms with Gasteiger partial charge in [-0.3, -0.25) is 4.79 Å². The summed E-state index contributed by atoms with van der Waals surface area (Å²) in [6.07, 6.45) is 5.64. The minimum Gasteiger partial charge on any atom is -0.494 e. The maximum atomic E-state index is 12.3. The third-order valence-electron chi connectivity index (χ3n) is 5.52. The van der Waals surface area contributed by atoms with Crippen LogP contribution in [-0.2, 0) is 9.53 Å². The van der Waals surface area contributed by atoms with Crippen LogP contribution in [0.5, 0.6) is 5.75 Å². The van der Waals surface area contributed by atoms with Crippen LogP contribution in [0, 0.1) is 0 Å². The second kappa shape index (κ2) is 9.93. The Bertz CT molecular complexity index is 555. The molecule has 5 nitrogen and oxygen atoms in total. The quantitative estimate of drug-likeness (QED) is 0.673. The molecule has 0 saturated carbocycles. The summed E-state index contributed by atoms with van der Waals surface area (Å²) in [4.78, 5) is 14.9. The fourth-order valence-corrected chi connectivity index (χ4v) is 3.24. The van der Waals surface area contributed by atoms with Crippen molar-refractivity contribution in [2.45, 2.75) is 64.5 Å². The molecule has 0 aliphatic carbocycles. The molecule has 1 aliphatic rings. The molecule has 0 bridgehead atoms. The molecule has 0 spiro atoms. The Hall–Kier alpha value is -1.59. The summed E-state index contributed by atoms with van der Waals surface area (Å²) in [5.74, 6) is 0.700. The number of likely N-dealkylation sites (tertiary alicyclic amines) is 1. The third-order valence-corrected chi connectivity index (χ3v) is 5.52. The van der Waals surface area contributed by atoms with Gasteiger partial charge in [-0.25, -0.2) is 0 Å². The number of rotatable bonds is 9. The molecular weight excluding hydrogens is 328 g/mol. The van der Waals surface area contributed by atoms with Crippen molar-refractivity contribution in [3.8, 4) is 5.75 Å². The molecule has 26 heavy (non-hydrogen) atoms. The summed E-state index contributed by atoms with van der Waals surface area (Å²) in [5, 5.41) is 2.90. The Morgan fingerprint density at radius 2 is 2.04 bits per heavy atom. The Balaban J connectivity index is 1.74. The molecule has 2 rings (SSSR count). The third kappa shape index (κ3) is 5.71. The molecule has 1 saturated heterocycles. The Morgan fingerprint density at radius 3 is 2.65 bits per heavy atom. The topological polar surface area (TPSA) is 50.8 Å². The normalized spacial score (nSPS) is 20.4. The van der Waals surface area contributed by atoms with Crippen molar-refractivity contribution in [2.24, 2.45) is 0 Å². The van der Waals surface area contributed by atoms with Crippen molar-refractivity contribution in [2.75, 3.05) is 32.1 Å². The highest BCUT2D eigenvalue weighted by molar-refractivity contribution is 5.97. The number of methoxy groups -OCH3 is 1. The van der Waals surface area contributed by atoms with E-state index in [4.69, 9.17) is 9.47 Å². The SMILES string of the molecule is CC[C@](C)(OC)C(=O)Nc1ccc(OCCCN2CCCC[C@@H]2C)cc1. The van der Waals surface area contributed by atoms with Gasteiger partial charge in [0.25, 0.3) is 5.91 Å². The highest BCUT2D eigenvalue weighted by atomic mass is 16.5. The summed E-state index contributed by atoms with van der Waals surface area (Å²) in [6.45, 7) is 9.08. The number of nitrogens with zero attached hydrogens (tertiary/aromatic N) is 1. The average molecular weight is 363 g/mol. The monoisotopic (exact) mass is 362 g/mol. The lowest BCUT2D eigenvalue weighted by molar-refractivity contribution is -0.136. The first-order valence-corrected chi connectivity index (χ1v) is 9.82. The van der Waals surface area contributed by atoms with E-state index in [1.165, 1.54) is 25.8 Å². The minimum absolute atomic E-state index is 0.133. The number of nitrogens with one attached hydrogen (secondary N) is 1. The Labute approximate surface area is 158 Å². The zero-order valence-corrected chi connectivity index (χ0v) is 16.7. The van der Waals surface area contributed by atoms with Crippen LogP contribution in [0.2, 0.25) is 0 Å². The largest absolute Gasteiger partial charge is 0.494 e. The molecule has 1 aromatic rings. The van der Waals surface area contributed by atoms with Crippen LogP contribution >= 0.6 is 0 Å². The van der Waals surface area contributed by atoms with Crippen molar-refractivity contribution in [3.05, 3.63) is 24.3 Å². The molecular formula is C21H34N2O3. The van der Waals surface area contributed by atoms with Crippen molar-refractivity contribution >= 4 is 11.6 Å². The van der Waals surface area contributed by atoms with E-state index in [2.05, 4.69) is 17.1 Å². The van der Waals surface area contributed by atoms with Gasteiger partial charge in [0.1, 0.15) is 11.4 Å². The molecule has 2 atom stereocenters. The highest BCUT2D eigenvalue weighted by Crippen LogP contribution is 2.20. The van der Waals surface area contributed by atoms with Gasteiger partial charge < -0.3 is 19.7 Å². The number of hydrogen-bond acceptors (Lipinski definition) is 4. The fourth-order valence-electron chi connectivity index (χ4n) is 3.24. The second-order valence-electron chi connectivity index (χ2n) is 7.35. The maximum absolute atomic E-state index is 12.3. The van der Waals surface area contributed by atoms with Crippen LogP contribution in [0.15, 0.2) is 24.3 Å². The van der Waals surface area contributed by atoms with E-state index in [1.807, 2.05) is 31.2 Å². The fraction of sp³-hybridized carbons (Fsp3) is 0.667. The van der Waals surface area contributed by atoms with Gasteiger partial charge in [-0.15, -0.1) is 0 Å². The average Bonchev–Trinajstić information content (AvgIpc) is 2.67. The van der Waals surface area contributed by atoms with Gasteiger partial charge >= 0.3 is 0 Å². The summed E-state index contributed by atoms with van der Waals surface area (Å²) >= 11 is 0. The molecule has 1 fully saturated rings. The molecule has 0 radical (unpaired) electrons. The molecule has 1 N–H and O–H groups in total. The molecule has 1 aromatic carbocycles. The van der Waals surface area contributed by atoms with Gasteiger partial charge in [-0.2, -0.15) is 0 Å². The van der Waals surface area contributed by atoms with E-state index < -0.39 is 5.60 Å². The second-order valence-corrected chi connectivity index (χ2v) is 7.35. The van der Waals surface area contributed by atoms with Gasteiger partial charge in [-0.1, -0.05) is 13.3 Å². The van der Waals surface area contributed by atoms with Gasteiger partial charge in [-0.05, 0) is 70.3 Å². The van der Waals surface area contributed by atoms with E-state index in [-0.39, 0.29) is 5.91 Å². The number of ether oxygens (including phenoxy) is 2. The molecule has 5 heteroatoms. The Morgan fingerprint density at radius 1 is 1.31 bits per heavy atom. The minimum atomic E-state index is -0.805. The molecule has 0 unspecified atom stereocenters. The van der Waals surface area contributed by atoms with Gasteiger partial charge in [0.2, 0.25) is 0 Å². The van der Waals surface area contributed by atoms with Crippen molar-refractivity contribution in [1.82, 2.24) is 4.90 Å². The first kappa shape index (κ1) is 20.7. The number of anilines is 1. The highest BCUT2D eigenvalue weighted by Gasteiger charge is 2.30. The molecule has 1 aliphatic heterocycles. The van der Waals surface area contributed by atoms with Crippen LogP contribution in [0.1, 0.15) is 52.9 Å². The number of piperidine rings is 1. The molecule has 0 aromatic heterocycles. The summed E-state index contributed by atoms with van der Waals surface area (Å²) in [6, 6.07) is 8.23. The van der Waals surface area contributed by atoms with E-state index in [0.717, 1.165) is 24.4 Å². The molecule has 1 amide bonds. The van der Waals surface area contributed by atoms with Gasteiger partial charge in [0.15, 0.2) is 0 Å². The first-order valence-electron chi connectivity index (χ1n) is 9.82. The van der Waals surface area contributed by atoms with Crippen LogP contribution in [0.25, 0.3) is 0 Å². The summed E-state index contributed by atoms with van der Waals surface area (Å²) in [7, 11) is 1.56. The number of benzene rings is 1. The lowest BCUT2D eigenvalue weighted by Crippen LogP contribution is -2.41. The van der Waals surface area contributed by atoms with Crippen molar-refractivity contribution in [3.63, 3.8) is 0 Å². The lowest BCUT2D eigenvalue weighted by Gasteiger charge is -2.33.